The first-order chi connectivity index (χ1) is 18.1. The SMILES string of the molecule is Nc1ccc(N2CCN(C(=O)c3cc(Cc4n[nH]c(=O)c5ccccc45)ccc3C(F)(F)F)CC2)nc1N. The summed E-state index contributed by atoms with van der Waals surface area (Å²) in [4.78, 5) is 33.0. The number of H-pyrrole nitrogens is 1. The average molecular weight is 524 g/mol. The fourth-order valence-corrected chi connectivity index (χ4v) is 4.59. The van der Waals surface area contributed by atoms with E-state index in [2.05, 4.69) is 15.2 Å². The Hall–Kier alpha value is -4.61. The molecule has 0 spiro atoms. The number of hydrogen-bond donors (Lipinski definition) is 3. The van der Waals surface area contributed by atoms with Gasteiger partial charge in [-0.1, -0.05) is 24.3 Å². The Kier molecular flexibility index (Phi) is 6.39. The maximum atomic E-state index is 13.9. The highest BCUT2D eigenvalue weighted by Crippen LogP contribution is 2.34. The number of nitrogens with two attached hydrogens (primary N) is 2. The van der Waals surface area contributed by atoms with Crippen LogP contribution in [0, 0.1) is 0 Å². The number of carbonyl (C=O) groups excluding carboxylic acids is 1. The van der Waals surface area contributed by atoms with Gasteiger partial charge in [-0.15, -0.1) is 0 Å². The predicted octanol–water partition coefficient (Wildman–Crippen LogP) is 3.05. The lowest BCUT2D eigenvalue weighted by Crippen LogP contribution is -2.49. The van der Waals surface area contributed by atoms with Crippen LogP contribution in [0.1, 0.15) is 27.2 Å². The van der Waals surface area contributed by atoms with E-state index in [4.69, 9.17) is 11.5 Å². The predicted molar refractivity (Wildman–Crippen MR) is 138 cm³/mol. The third kappa shape index (κ3) is 4.84. The summed E-state index contributed by atoms with van der Waals surface area (Å²) < 4.78 is 41.6. The quantitative estimate of drug-likeness (QED) is 0.374. The van der Waals surface area contributed by atoms with Crippen LogP contribution in [0.4, 0.5) is 30.5 Å². The van der Waals surface area contributed by atoms with E-state index < -0.39 is 23.2 Å². The number of carbonyl (C=O) groups is 1. The van der Waals surface area contributed by atoms with E-state index in [0.29, 0.717) is 46.6 Å². The molecule has 3 heterocycles. The number of aromatic amines is 1. The van der Waals surface area contributed by atoms with Crippen molar-refractivity contribution < 1.29 is 18.0 Å². The summed E-state index contributed by atoms with van der Waals surface area (Å²) in [6.45, 7) is 1.16. The fraction of sp³-hybridized carbons (Fsp3) is 0.231. The summed E-state index contributed by atoms with van der Waals surface area (Å²) in [7, 11) is 0. The van der Waals surface area contributed by atoms with Crippen molar-refractivity contribution in [3.05, 3.63) is 87.3 Å². The fourth-order valence-electron chi connectivity index (χ4n) is 4.59. The molecule has 1 saturated heterocycles. The maximum Gasteiger partial charge on any atom is 0.417 e. The topological polar surface area (TPSA) is 134 Å². The molecular formula is C26H24F3N7O2. The Balaban J connectivity index is 1.41. The van der Waals surface area contributed by atoms with Crippen LogP contribution in [-0.2, 0) is 12.6 Å². The van der Waals surface area contributed by atoms with E-state index in [1.165, 1.54) is 17.0 Å². The molecule has 0 radical (unpaired) electrons. The number of halogens is 3. The highest BCUT2D eigenvalue weighted by Gasteiger charge is 2.37. The van der Waals surface area contributed by atoms with Gasteiger partial charge in [-0.2, -0.15) is 18.3 Å². The number of fused-ring (bicyclic) bond motifs is 1. The van der Waals surface area contributed by atoms with Crippen LogP contribution >= 0.6 is 0 Å². The molecule has 38 heavy (non-hydrogen) atoms. The Morgan fingerprint density at radius 3 is 2.37 bits per heavy atom. The number of nitrogen functional groups attached to an aromatic ring is 2. The lowest BCUT2D eigenvalue weighted by molar-refractivity contribution is -0.138. The lowest BCUT2D eigenvalue weighted by Gasteiger charge is -2.36. The number of rotatable bonds is 4. The van der Waals surface area contributed by atoms with Crippen molar-refractivity contribution in [3.63, 3.8) is 0 Å². The molecule has 0 saturated carbocycles. The van der Waals surface area contributed by atoms with Crippen molar-refractivity contribution in [1.29, 1.82) is 0 Å². The molecule has 9 nitrogen and oxygen atoms in total. The van der Waals surface area contributed by atoms with Crippen LogP contribution in [0.5, 0.6) is 0 Å². The van der Waals surface area contributed by atoms with Gasteiger partial charge in [0.05, 0.1) is 27.9 Å². The average Bonchev–Trinajstić information content (AvgIpc) is 2.91. The highest BCUT2D eigenvalue weighted by molar-refractivity contribution is 5.96. The van der Waals surface area contributed by atoms with Crippen molar-refractivity contribution in [2.45, 2.75) is 12.6 Å². The van der Waals surface area contributed by atoms with Gasteiger partial charge in [0.1, 0.15) is 11.6 Å². The third-order valence-electron chi connectivity index (χ3n) is 6.60. The van der Waals surface area contributed by atoms with E-state index in [0.717, 1.165) is 6.07 Å². The molecule has 12 heteroatoms. The normalized spacial score (nSPS) is 14.2. The summed E-state index contributed by atoms with van der Waals surface area (Å²) in [5.74, 6) is 0.0719. The summed E-state index contributed by atoms with van der Waals surface area (Å²) in [5.41, 5.74) is 11.0. The molecular weight excluding hydrogens is 499 g/mol. The van der Waals surface area contributed by atoms with E-state index >= 15 is 0 Å². The monoisotopic (exact) mass is 523 g/mol. The molecule has 1 aliphatic rings. The summed E-state index contributed by atoms with van der Waals surface area (Å²) in [5, 5.41) is 7.55. The van der Waals surface area contributed by atoms with Gasteiger partial charge in [-0.05, 0) is 35.9 Å². The van der Waals surface area contributed by atoms with Gasteiger partial charge >= 0.3 is 6.18 Å². The number of piperazine rings is 1. The number of alkyl halides is 3. The van der Waals surface area contributed by atoms with Gasteiger partial charge in [-0.25, -0.2) is 10.1 Å². The Bertz CT molecular complexity index is 1580. The molecule has 0 atom stereocenters. The van der Waals surface area contributed by atoms with E-state index in [1.807, 2.05) is 4.90 Å². The van der Waals surface area contributed by atoms with Gasteiger partial charge in [0.2, 0.25) is 0 Å². The first-order valence-electron chi connectivity index (χ1n) is 11.8. The number of aromatic nitrogens is 3. The number of benzene rings is 2. The third-order valence-corrected chi connectivity index (χ3v) is 6.60. The zero-order valence-corrected chi connectivity index (χ0v) is 20.1. The van der Waals surface area contributed by atoms with Crippen LogP contribution in [0.2, 0.25) is 0 Å². The van der Waals surface area contributed by atoms with Crippen molar-refractivity contribution >= 4 is 34.0 Å². The van der Waals surface area contributed by atoms with Gasteiger partial charge in [-0.3, -0.25) is 9.59 Å². The molecule has 2 aromatic carbocycles. The highest BCUT2D eigenvalue weighted by atomic mass is 19.4. The Morgan fingerprint density at radius 2 is 1.68 bits per heavy atom. The molecule has 1 aliphatic heterocycles. The molecule has 0 bridgehead atoms. The van der Waals surface area contributed by atoms with E-state index in [-0.39, 0.29) is 30.9 Å². The molecule has 0 aliphatic carbocycles. The van der Waals surface area contributed by atoms with Crippen LogP contribution in [-0.4, -0.2) is 52.2 Å². The summed E-state index contributed by atoms with van der Waals surface area (Å²) >= 11 is 0. The largest absolute Gasteiger partial charge is 0.417 e. The second kappa shape index (κ2) is 9.69. The van der Waals surface area contributed by atoms with Crippen molar-refractivity contribution in [2.75, 3.05) is 42.5 Å². The van der Waals surface area contributed by atoms with Crippen molar-refractivity contribution in [1.82, 2.24) is 20.1 Å². The summed E-state index contributed by atoms with van der Waals surface area (Å²) in [6.07, 6.45) is -4.58. The first kappa shape index (κ1) is 25.1. The molecule has 5 rings (SSSR count). The van der Waals surface area contributed by atoms with Crippen molar-refractivity contribution in [3.8, 4) is 0 Å². The molecule has 1 fully saturated rings. The van der Waals surface area contributed by atoms with Gasteiger partial charge in [0.15, 0.2) is 0 Å². The molecule has 2 aromatic heterocycles. The zero-order chi connectivity index (χ0) is 27.0. The number of nitrogens with zero attached hydrogens (tertiary/aromatic N) is 4. The minimum atomic E-state index is -4.71. The maximum absolute atomic E-state index is 13.9. The van der Waals surface area contributed by atoms with Crippen LogP contribution < -0.4 is 21.9 Å². The number of pyridine rings is 1. The van der Waals surface area contributed by atoms with Gasteiger partial charge in [0, 0.05) is 38.0 Å². The molecule has 4 aromatic rings. The Labute approximate surface area is 214 Å². The number of amides is 1. The van der Waals surface area contributed by atoms with E-state index in [9.17, 15) is 22.8 Å². The van der Waals surface area contributed by atoms with Gasteiger partial charge in [0.25, 0.3) is 11.5 Å². The molecule has 0 unspecified atom stereocenters. The number of nitrogens with one attached hydrogen (secondary N) is 1. The molecule has 5 N–H and O–H groups in total. The summed E-state index contributed by atoms with van der Waals surface area (Å²) in [6, 6.07) is 13.7. The van der Waals surface area contributed by atoms with Crippen molar-refractivity contribution in [2.24, 2.45) is 0 Å². The smallest absolute Gasteiger partial charge is 0.396 e. The van der Waals surface area contributed by atoms with E-state index in [1.54, 1.807) is 36.4 Å². The van der Waals surface area contributed by atoms with Crippen LogP contribution in [0.3, 0.4) is 0 Å². The first-order valence-corrected chi connectivity index (χ1v) is 11.8. The standard InChI is InChI=1S/C26H24F3N7O2/c27-26(28,29)19-6-5-15(14-21-16-3-1-2-4-17(16)24(37)34-33-21)13-18(19)25(38)36-11-9-35(10-12-36)22-8-7-20(30)23(31)32-22/h1-8,13H,9-12,14,30H2,(H2,31,32)(H,34,37). The van der Waals surface area contributed by atoms with Crippen LogP contribution in [0.25, 0.3) is 10.8 Å². The van der Waals surface area contributed by atoms with Crippen LogP contribution in [0.15, 0.2) is 59.4 Å². The second-order valence-electron chi connectivity index (χ2n) is 9.02. The minimum absolute atomic E-state index is 0.133. The lowest BCUT2D eigenvalue weighted by atomic mass is 9.98. The molecule has 196 valence electrons. The zero-order valence-electron chi connectivity index (χ0n) is 20.1. The van der Waals surface area contributed by atoms with Gasteiger partial charge < -0.3 is 21.3 Å². The molecule has 1 amide bonds. The number of anilines is 3. The number of hydrogen-bond acceptors (Lipinski definition) is 7. The minimum Gasteiger partial charge on any atom is -0.396 e. The Morgan fingerprint density at radius 1 is 0.974 bits per heavy atom. The second-order valence-corrected chi connectivity index (χ2v) is 9.02.